The molecule has 1 heterocycles. The van der Waals surface area contributed by atoms with E-state index >= 15 is 0 Å². The Kier molecular flexibility index (Phi) is 4.60. The fraction of sp³-hybridized carbons (Fsp3) is 0.143. The summed E-state index contributed by atoms with van der Waals surface area (Å²) < 4.78 is 28.9. The standard InChI is InChI=1S/C14H12F2N2O2/c15-14(16)20-12-4-2-1-3-11(12)8-18-13-6-5-10(9-19)7-17-13/h1-7,9,14H,8H2,(H,17,18). The number of ether oxygens (including phenoxy) is 1. The number of nitrogens with one attached hydrogen (secondary N) is 1. The third-order valence-corrected chi connectivity index (χ3v) is 2.57. The van der Waals surface area contributed by atoms with Crippen LogP contribution in [-0.2, 0) is 6.54 Å². The van der Waals surface area contributed by atoms with E-state index in [9.17, 15) is 13.6 Å². The van der Waals surface area contributed by atoms with Gasteiger partial charge in [0.2, 0.25) is 0 Å². The molecule has 0 spiro atoms. The second kappa shape index (κ2) is 6.60. The predicted octanol–water partition coefficient (Wildman–Crippen LogP) is 3.11. The lowest BCUT2D eigenvalue weighted by atomic mass is 10.2. The molecule has 0 amide bonds. The first-order chi connectivity index (χ1) is 9.69. The van der Waals surface area contributed by atoms with Crippen molar-refractivity contribution in [3.05, 3.63) is 53.7 Å². The highest BCUT2D eigenvalue weighted by atomic mass is 19.3. The number of hydrogen-bond acceptors (Lipinski definition) is 4. The zero-order valence-electron chi connectivity index (χ0n) is 10.4. The summed E-state index contributed by atoms with van der Waals surface area (Å²) in [5, 5.41) is 2.97. The minimum atomic E-state index is -2.86. The van der Waals surface area contributed by atoms with Gasteiger partial charge in [-0.2, -0.15) is 8.78 Å². The van der Waals surface area contributed by atoms with Gasteiger partial charge in [0, 0.05) is 23.9 Å². The molecule has 0 radical (unpaired) electrons. The number of halogens is 2. The lowest BCUT2D eigenvalue weighted by Crippen LogP contribution is -2.07. The van der Waals surface area contributed by atoms with Crippen LogP contribution >= 0.6 is 0 Å². The van der Waals surface area contributed by atoms with Crippen molar-refractivity contribution < 1.29 is 18.3 Å². The molecule has 2 aromatic rings. The Hall–Kier alpha value is -2.50. The summed E-state index contributed by atoms with van der Waals surface area (Å²) >= 11 is 0. The lowest BCUT2D eigenvalue weighted by Gasteiger charge is -2.11. The maximum Gasteiger partial charge on any atom is 0.387 e. The average Bonchev–Trinajstić information content (AvgIpc) is 2.46. The number of alkyl halides is 2. The van der Waals surface area contributed by atoms with Crippen molar-refractivity contribution in [2.24, 2.45) is 0 Å². The van der Waals surface area contributed by atoms with E-state index in [1.807, 2.05) is 0 Å². The number of carbonyl (C=O) groups is 1. The molecule has 0 atom stereocenters. The monoisotopic (exact) mass is 278 g/mol. The smallest absolute Gasteiger partial charge is 0.387 e. The highest BCUT2D eigenvalue weighted by Crippen LogP contribution is 2.21. The SMILES string of the molecule is O=Cc1ccc(NCc2ccccc2OC(F)F)nc1. The predicted molar refractivity (Wildman–Crippen MR) is 70.0 cm³/mol. The maximum atomic E-state index is 12.3. The number of aromatic nitrogens is 1. The second-order valence-corrected chi connectivity index (χ2v) is 3.93. The van der Waals surface area contributed by atoms with Crippen LogP contribution in [-0.4, -0.2) is 17.9 Å². The van der Waals surface area contributed by atoms with Gasteiger partial charge in [-0.25, -0.2) is 4.98 Å². The molecule has 6 heteroatoms. The van der Waals surface area contributed by atoms with Crippen molar-refractivity contribution in [2.45, 2.75) is 13.2 Å². The number of pyridine rings is 1. The van der Waals surface area contributed by atoms with E-state index in [1.54, 1.807) is 30.3 Å². The number of nitrogens with zero attached hydrogens (tertiary/aromatic N) is 1. The first-order valence-corrected chi connectivity index (χ1v) is 5.87. The molecule has 0 fully saturated rings. The van der Waals surface area contributed by atoms with Crippen LogP contribution in [0.15, 0.2) is 42.6 Å². The number of benzene rings is 1. The number of para-hydroxylation sites is 1. The molecule has 0 bridgehead atoms. The summed E-state index contributed by atoms with van der Waals surface area (Å²) in [6.07, 6.45) is 2.12. The van der Waals surface area contributed by atoms with Crippen LogP contribution in [0.1, 0.15) is 15.9 Å². The quantitative estimate of drug-likeness (QED) is 0.825. The zero-order valence-corrected chi connectivity index (χ0v) is 10.4. The van der Waals surface area contributed by atoms with Crippen LogP contribution in [0.3, 0.4) is 0 Å². The summed E-state index contributed by atoms with van der Waals surface area (Å²) in [4.78, 5) is 14.5. The Balaban J connectivity index is 2.04. The van der Waals surface area contributed by atoms with E-state index in [1.165, 1.54) is 12.3 Å². The third kappa shape index (κ3) is 3.74. The van der Waals surface area contributed by atoms with Crippen molar-refractivity contribution in [1.29, 1.82) is 0 Å². The molecule has 0 aliphatic rings. The molecular formula is C14H12F2N2O2. The summed E-state index contributed by atoms with van der Waals surface area (Å²) in [5.41, 5.74) is 1.06. The minimum absolute atomic E-state index is 0.125. The number of carbonyl (C=O) groups excluding carboxylic acids is 1. The largest absolute Gasteiger partial charge is 0.434 e. The van der Waals surface area contributed by atoms with Gasteiger partial charge < -0.3 is 10.1 Å². The van der Waals surface area contributed by atoms with Crippen molar-refractivity contribution in [2.75, 3.05) is 5.32 Å². The topological polar surface area (TPSA) is 51.2 Å². The Morgan fingerprint density at radius 1 is 1.25 bits per heavy atom. The molecule has 0 aliphatic heterocycles. The number of anilines is 1. The molecule has 104 valence electrons. The summed E-state index contributed by atoms with van der Waals surface area (Å²) in [7, 11) is 0. The van der Waals surface area contributed by atoms with Gasteiger partial charge in [0.15, 0.2) is 6.29 Å². The van der Waals surface area contributed by atoms with Gasteiger partial charge in [-0.05, 0) is 18.2 Å². The number of aldehydes is 1. The van der Waals surface area contributed by atoms with Gasteiger partial charge in [0.25, 0.3) is 0 Å². The van der Waals surface area contributed by atoms with E-state index in [4.69, 9.17) is 0 Å². The number of rotatable bonds is 6. The molecule has 0 unspecified atom stereocenters. The Bertz CT molecular complexity index is 574. The van der Waals surface area contributed by atoms with Crippen LogP contribution < -0.4 is 10.1 Å². The van der Waals surface area contributed by atoms with Gasteiger partial charge >= 0.3 is 6.61 Å². The van der Waals surface area contributed by atoms with Crippen molar-refractivity contribution in [1.82, 2.24) is 4.98 Å². The fourth-order valence-corrected chi connectivity index (χ4v) is 1.63. The van der Waals surface area contributed by atoms with Crippen molar-refractivity contribution in [3.63, 3.8) is 0 Å². The minimum Gasteiger partial charge on any atom is -0.434 e. The van der Waals surface area contributed by atoms with Crippen LogP contribution in [0.5, 0.6) is 5.75 Å². The molecule has 0 saturated carbocycles. The first-order valence-electron chi connectivity index (χ1n) is 5.87. The zero-order chi connectivity index (χ0) is 14.4. The molecule has 2 rings (SSSR count). The maximum absolute atomic E-state index is 12.3. The van der Waals surface area contributed by atoms with Gasteiger partial charge in [0.1, 0.15) is 11.6 Å². The van der Waals surface area contributed by atoms with E-state index in [2.05, 4.69) is 15.0 Å². The fourth-order valence-electron chi connectivity index (χ4n) is 1.63. The van der Waals surface area contributed by atoms with Gasteiger partial charge in [-0.1, -0.05) is 18.2 Å². The second-order valence-electron chi connectivity index (χ2n) is 3.93. The van der Waals surface area contributed by atoms with Crippen LogP contribution in [0.25, 0.3) is 0 Å². The first kappa shape index (κ1) is 13.9. The van der Waals surface area contributed by atoms with Gasteiger partial charge in [-0.15, -0.1) is 0 Å². The summed E-state index contributed by atoms with van der Waals surface area (Å²) in [6.45, 7) is -2.57. The molecule has 1 N–H and O–H groups in total. The normalized spacial score (nSPS) is 10.3. The molecule has 0 aliphatic carbocycles. The Morgan fingerprint density at radius 2 is 2.05 bits per heavy atom. The van der Waals surface area contributed by atoms with E-state index < -0.39 is 6.61 Å². The molecular weight excluding hydrogens is 266 g/mol. The van der Waals surface area contributed by atoms with Crippen molar-refractivity contribution >= 4 is 12.1 Å². The highest BCUT2D eigenvalue weighted by molar-refractivity contribution is 5.74. The summed E-state index contributed by atoms with van der Waals surface area (Å²) in [6, 6.07) is 9.78. The van der Waals surface area contributed by atoms with Crippen LogP contribution in [0.4, 0.5) is 14.6 Å². The van der Waals surface area contributed by atoms with E-state index in [-0.39, 0.29) is 12.3 Å². The Labute approximate surface area is 114 Å². The highest BCUT2D eigenvalue weighted by Gasteiger charge is 2.08. The molecule has 1 aromatic carbocycles. The van der Waals surface area contributed by atoms with Crippen molar-refractivity contribution in [3.8, 4) is 5.75 Å². The van der Waals surface area contributed by atoms with Gasteiger partial charge in [0.05, 0.1) is 0 Å². The van der Waals surface area contributed by atoms with Gasteiger partial charge in [-0.3, -0.25) is 4.79 Å². The molecule has 1 aromatic heterocycles. The number of hydrogen-bond donors (Lipinski definition) is 1. The van der Waals surface area contributed by atoms with Crippen LogP contribution in [0.2, 0.25) is 0 Å². The molecule has 0 saturated heterocycles. The molecule has 20 heavy (non-hydrogen) atoms. The molecule has 4 nitrogen and oxygen atoms in total. The Morgan fingerprint density at radius 3 is 2.70 bits per heavy atom. The lowest BCUT2D eigenvalue weighted by molar-refractivity contribution is -0.0504. The summed E-state index contributed by atoms with van der Waals surface area (Å²) in [5.74, 6) is 0.668. The van der Waals surface area contributed by atoms with E-state index in [0.29, 0.717) is 23.2 Å². The average molecular weight is 278 g/mol. The third-order valence-electron chi connectivity index (χ3n) is 2.57. The van der Waals surface area contributed by atoms with E-state index in [0.717, 1.165) is 0 Å². The van der Waals surface area contributed by atoms with Crippen LogP contribution in [0, 0.1) is 0 Å².